The van der Waals surface area contributed by atoms with Gasteiger partial charge < -0.3 is 15.5 Å². The fourth-order valence-electron chi connectivity index (χ4n) is 3.76. The molecule has 3 rings (SSSR count). The fraction of sp³-hybridized carbons (Fsp3) is 0.400. The first kappa shape index (κ1) is 22.5. The van der Waals surface area contributed by atoms with Gasteiger partial charge in [-0.15, -0.1) is 0 Å². The van der Waals surface area contributed by atoms with E-state index in [9.17, 15) is 14.4 Å². The number of anilines is 1. The van der Waals surface area contributed by atoms with Crippen molar-refractivity contribution in [3.63, 3.8) is 0 Å². The highest BCUT2D eigenvalue weighted by atomic mass is 16.2. The van der Waals surface area contributed by atoms with E-state index in [1.807, 2.05) is 39.0 Å². The lowest BCUT2D eigenvalue weighted by Crippen LogP contribution is -2.33. The van der Waals surface area contributed by atoms with Crippen LogP contribution in [0.5, 0.6) is 0 Å². The summed E-state index contributed by atoms with van der Waals surface area (Å²) in [4.78, 5) is 38.8. The first-order valence-electron chi connectivity index (χ1n) is 10.9. The number of hydrogen-bond acceptors (Lipinski definition) is 3. The molecule has 2 atom stereocenters. The smallest absolute Gasteiger partial charge is 0.251 e. The minimum Gasteiger partial charge on any atom is -0.350 e. The van der Waals surface area contributed by atoms with Gasteiger partial charge in [0.2, 0.25) is 11.8 Å². The number of carbonyl (C=O) groups excluding carboxylic acids is 3. The van der Waals surface area contributed by atoms with Gasteiger partial charge in [0.15, 0.2) is 0 Å². The molecule has 2 aromatic rings. The molecule has 0 bridgehead atoms. The van der Waals surface area contributed by atoms with Crippen LogP contribution in [-0.4, -0.2) is 41.2 Å². The van der Waals surface area contributed by atoms with E-state index >= 15 is 0 Å². The van der Waals surface area contributed by atoms with E-state index in [1.54, 1.807) is 29.2 Å². The highest BCUT2D eigenvalue weighted by molar-refractivity contribution is 5.98. The highest BCUT2D eigenvalue weighted by Gasteiger charge is 2.35. The van der Waals surface area contributed by atoms with Gasteiger partial charge >= 0.3 is 0 Å². The largest absolute Gasteiger partial charge is 0.350 e. The van der Waals surface area contributed by atoms with Crippen molar-refractivity contribution in [3.8, 4) is 0 Å². The Kier molecular flexibility index (Phi) is 7.45. The third kappa shape index (κ3) is 6.17. The number of likely N-dealkylation sites (tertiary alicyclic amines) is 1. The predicted octanol–water partition coefficient (Wildman–Crippen LogP) is 3.63. The van der Waals surface area contributed by atoms with Gasteiger partial charge in [0.25, 0.3) is 5.91 Å². The third-order valence-corrected chi connectivity index (χ3v) is 5.65. The van der Waals surface area contributed by atoms with Gasteiger partial charge in [-0.05, 0) is 63.4 Å². The lowest BCUT2D eigenvalue weighted by atomic mass is 10.1. The van der Waals surface area contributed by atoms with Crippen molar-refractivity contribution in [1.29, 1.82) is 0 Å². The summed E-state index contributed by atoms with van der Waals surface area (Å²) in [5, 5.41) is 5.88. The molecule has 2 unspecified atom stereocenters. The van der Waals surface area contributed by atoms with Gasteiger partial charge in [0, 0.05) is 36.3 Å². The summed E-state index contributed by atoms with van der Waals surface area (Å²) in [5.41, 5.74) is 2.42. The van der Waals surface area contributed by atoms with Crippen LogP contribution in [0.3, 0.4) is 0 Å². The Labute approximate surface area is 184 Å². The molecule has 31 heavy (non-hydrogen) atoms. The number of aryl methyl sites for hydroxylation is 1. The van der Waals surface area contributed by atoms with E-state index in [4.69, 9.17) is 0 Å². The minimum atomic E-state index is -0.344. The molecule has 3 amide bonds. The Morgan fingerprint density at radius 1 is 1.03 bits per heavy atom. The summed E-state index contributed by atoms with van der Waals surface area (Å²) >= 11 is 0. The normalized spacial score (nSPS) is 17.0. The molecule has 164 valence electrons. The summed E-state index contributed by atoms with van der Waals surface area (Å²) in [7, 11) is 0. The number of amides is 3. The van der Waals surface area contributed by atoms with Crippen molar-refractivity contribution in [1.82, 2.24) is 10.2 Å². The molecule has 0 spiro atoms. The quantitative estimate of drug-likeness (QED) is 0.683. The Morgan fingerprint density at radius 2 is 1.71 bits per heavy atom. The number of rotatable bonds is 8. The maximum Gasteiger partial charge on any atom is 0.251 e. The van der Waals surface area contributed by atoms with Crippen LogP contribution in [0.1, 0.15) is 49.5 Å². The molecule has 1 aliphatic rings. The highest BCUT2D eigenvalue weighted by Crippen LogP contribution is 2.22. The number of carbonyl (C=O) groups is 3. The van der Waals surface area contributed by atoms with E-state index in [0.29, 0.717) is 17.8 Å². The van der Waals surface area contributed by atoms with Crippen LogP contribution in [0, 0.1) is 5.92 Å². The SMILES string of the molecule is CC(CCc1ccccc1)NC(=O)c1ccc(NC(=O)C2CC(=O)N(C(C)C)C2)cc1. The Hall–Kier alpha value is -3.15. The average Bonchev–Trinajstić information content (AvgIpc) is 3.15. The average molecular weight is 422 g/mol. The first-order valence-corrected chi connectivity index (χ1v) is 10.9. The maximum atomic E-state index is 12.5. The number of nitrogens with one attached hydrogen (secondary N) is 2. The summed E-state index contributed by atoms with van der Waals surface area (Å²) in [6, 6.07) is 17.2. The summed E-state index contributed by atoms with van der Waals surface area (Å²) in [6.45, 7) is 6.34. The van der Waals surface area contributed by atoms with Crippen LogP contribution < -0.4 is 10.6 Å². The standard InChI is InChI=1S/C25H31N3O3/c1-17(2)28-16-21(15-23(28)29)25(31)27-22-13-11-20(12-14-22)24(30)26-18(3)9-10-19-7-5-4-6-8-19/h4-8,11-14,17-18,21H,9-10,15-16H2,1-3H3,(H,26,30)(H,27,31). The monoisotopic (exact) mass is 421 g/mol. The fourth-order valence-corrected chi connectivity index (χ4v) is 3.76. The van der Waals surface area contributed by atoms with E-state index in [0.717, 1.165) is 12.8 Å². The van der Waals surface area contributed by atoms with Gasteiger partial charge in [-0.3, -0.25) is 14.4 Å². The summed E-state index contributed by atoms with van der Waals surface area (Å²) in [6.07, 6.45) is 2.01. The van der Waals surface area contributed by atoms with E-state index in [2.05, 4.69) is 22.8 Å². The molecule has 0 aliphatic carbocycles. The van der Waals surface area contributed by atoms with Crippen LogP contribution in [-0.2, 0) is 16.0 Å². The van der Waals surface area contributed by atoms with Crippen LogP contribution in [0.4, 0.5) is 5.69 Å². The molecular weight excluding hydrogens is 390 g/mol. The molecule has 0 radical (unpaired) electrons. The molecule has 2 aromatic carbocycles. The minimum absolute atomic E-state index is 0.0172. The van der Waals surface area contributed by atoms with E-state index in [1.165, 1.54) is 5.56 Å². The topological polar surface area (TPSA) is 78.5 Å². The number of hydrogen-bond donors (Lipinski definition) is 2. The van der Waals surface area contributed by atoms with Gasteiger partial charge in [-0.25, -0.2) is 0 Å². The molecule has 1 saturated heterocycles. The van der Waals surface area contributed by atoms with Crippen molar-refractivity contribution in [2.75, 3.05) is 11.9 Å². The molecule has 1 heterocycles. The van der Waals surface area contributed by atoms with Crippen LogP contribution in [0.15, 0.2) is 54.6 Å². The Balaban J connectivity index is 1.48. The van der Waals surface area contributed by atoms with Crippen molar-refractivity contribution in [3.05, 3.63) is 65.7 Å². The Morgan fingerprint density at radius 3 is 2.32 bits per heavy atom. The lowest BCUT2D eigenvalue weighted by molar-refractivity contribution is -0.129. The second kappa shape index (κ2) is 10.2. The molecule has 1 aliphatic heterocycles. The van der Waals surface area contributed by atoms with Crippen LogP contribution in [0.25, 0.3) is 0 Å². The Bertz CT molecular complexity index is 909. The molecule has 1 fully saturated rings. The van der Waals surface area contributed by atoms with Gasteiger partial charge in [-0.2, -0.15) is 0 Å². The van der Waals surface area contributed by atoms with Gasteiger partial charge in [0.1, 0.15) is 0 Å². The van der Waals surface area contributed by atoms with Crippen molar-refractivity contribution < 1.29 is 14.4 Å². The number of benzene rings is 2. The van der Waals surface area contributed by atoms with Crippen molar-refractivity contribution in [2.24, 2.45) is 5.92 Å². The zero-order chi connectivity index (χ0) is 22.4. The van der Waals surface area contributed by atoms with Gasteiger partial charge in [0.05, 0.1) is 5.92 Å². The molecule has 0 saturated carbocycles. The van der Waals surface area contributed by atoms with E-state index in [-0.39, 0.29) is 42.1 Å². The predicted molar refractivity (Wildman–Crippen MR) is 122 cm³/mol. The maximum absolute atomic E-state index is 12.5. The molecule has 0 aromatic heterocycles. The molecular formula is C25H31N3O3. The van der Waals surface area contributed by atoms with Gasteiger partial charge in [-0.1, -0.05) is 30.3 Å². The summed E-state index contributed by atoms with van der Waals surface area (Å²) < 4.78 is 0. The number of nitrogens with zero attached hydrogens (tertiary/aromatic N) is 1. The summed E-state index contributed by atoms with van der Waals surface area (Å²) in [5.74, 6) is -0.623. The molecule has 2 N–H and O–H groups in total. The molecule has 6 heteroatoms. The van der Waals surface area contributed by atoms with E-state index < -0.39 is 0 Å². The van der Waals surface area contributed by atoms with Crippen LogP contribution >= 0.6 is 0 Å². The zero-order valence-electron chi connectivity index (χ0n) is 18.4. The van der Waals surface area contributed by atoms with Crippen molar-refractivity contribution >= 4 is 23.4 Å². The second-order valence-corrected chi connectivity index (χ2v) is 8.51. The zero-order valence-corrected chi connectivity index (χ0v) is 18.4. The second-order valence-electron chi connectivity index (χ2n) is 8.51. The van der Waals surface area contributed by atoms with Crippen molar-refractivity contribution in [2.45, 2.75) is 52.1 Å². The third-order valence-electron chi connectivity index (χ3n) is 5.65. The lowest BCUT2D eigenvalue weighted by Gasteiger charge is -2.20. The van der Waals surface area contributed by atoms with Crippen LogP contribution in [0.2, 0.25) is 0 Å². The first-order chi connectivity index (χ1) is 14.8. The molecule has 6 nitrogen and oxygen atoms in total.